The molecule has 1 N–H and O–H groups in total. The van der Waals surface area contributed by atoms with Crippen LogP contribution >= 0.6 is 0 Å². The van der Waals surface area contributed by atoms with E-state index in [1.807, 2.05) is 41.3 Å². The first-order valence-electron chi connectivity index (χ1n) is 11.1. The lowest BCUT2D eigenvalue weighted by Gasteiger charge is -2.35. The molecule has 2 aromatic rings. The largest absolute Gasteiger partial charge is 0.326 e. The van der Waals surface area contributed by atoms with Crippen LogP contribution in [0, 0.1) is 11.3 Å². The first-order chi connectivity index (χ1) is 16.2. The normalized spacial score (nSPS) is 21.9. The highest BCUT2D eigenvalue weighted by Crippen LogP contribution is 2.25. The Hall–Kier alpha value is -3.26. The Labute approximate surface area is 199 Å². The van der Waals surface area contributed by atoms with Gasteiger partial charge in [-0.2, -0.15) is 9.57 Å². The zero-order valence-corrected chi connectivity index (χ0v) is 19.8. The summed E-state index contributed by atoms with van der Waals surface area (Å²) in [6, 6.07) is 17.4. The third kappa shape index (κ3) is 4.68. The minimum atomic E-state index is -3.80. The Morgan fingerprint density at radius 3 is 2.32 bits per heavy atom. The Balaban J connectivity index is 1.36. The van der Waals surface area contributed by atoms with Gasteiger partial charge in [-0.15, -0.1) is 0 Å². The molecule has 178 valence electrons. The number of nitrogens with one attached hydrogen (secondary N) is 1. The van der Waals surface area contributed by atoms with E-state index in [0.717, 1.165) is 5.56 Å². The Bertz CT molecular complexity index is 1220. The number of carbonyl (C=O) groups excluding carboxylic acids is 2. The first-order valence-corrected chi connectivity index (χ1v) is 12.6. The Kier molecular flexibility index (Phi) is 6.70. The summed E-state index contributed by atoms with van der Waals surface area (Å²) in [7, 11) is -3.80. The molecule has 2 aliphatic heterocycles. The highest BCUT2D eigenvalue weighted by molar-refractivity contribution is 7.89. The molecule has 2 aromatic carbocycles. The van der Waals surface area contributed by atoms with Crippen LogP contribution in [0.4, 0.5) is 4.79 Å². The second-order valence-corrected chi connectivity index (χ2v) is 10.7. The van der Waals surface area contributed by atoms with Crippen molar-refractivity contribution >= 4 is 22.0 Å². The average Bonchev–Trinajstić information content (AvgIpc) is 3.07. The lowest BCUT2D eigenvalue weighted by molar-refractivity contribution is -0.132. The van der Waals surface area contributed by atoms with E-state index < -0.39 is 21.6 Å². The van der Waals surface area contributed by atoms with Crippen molar-refractivity contribution < 1.29 is 18.0 Å². The van der Waals surface area contributed by atoms with Gasteiger partial charge in [0.25, 0.3) is 5.91 Å². The number of imide groups is 1. The van der Waals surface area contributed by atoms with Gasteiger partial charge in [-0.05, 0) is 37.5 Å². The van der Waals surface area contributed by atoms with Gasteiger partial charge in [0.2, 0.25) is 10.0 Å². The molecule has 2 heterocycles. The van der Waals surface area contributed by atoms with Crippen LogP contribution in [0.25, 0.3) is 0 Å². The SMILES string of the molecule is CC1(CCc2ccccc2)NC(=O)N(CN2CCN(S(=O)(=O)c3ccccc3C#N)CC2)C1=O. The number of piperazine rings is 1. The maximum absolute atomic E-state index is 13.1. The fourth-order valence-electron chi connectivity index (χ4n) is 4.32. The van der Waals surface area contributed by atoms with Crippen LogP contribution in [-0.4, -0.2) is 72.8 Å². The van der Waals surface area contributed by atoms with Gasteiger partial charge in [0, 0.05) is 26.2 Å². The predicted octanol–water partition coefficient (Wildman–Crippen LogP) is 1.77. The smallest absolute Gasteiger partial charge is 0.323 e. The molecule has 0 aliphatic carbocycles. The number of benzene rings is 2. The number of carbonyl (C=O) groups is 2. The minimum Gasteiger partial charge on any atom is -0.323 e. The summed E-state index contributed by atoms with van der Waals surface area (Å²) in [5, 5.41) is 12.1. The highest BCUT2D eigenvalue weighted by atomic mass is 32.2. The maximum atomic E-state index is 13.1. The molecular formula is C24H27N5O4S. The second kappa shape index (κ2) is 9.54. The number of aryl methyl sites for hydroxylation is 1. The summed E-state index contributed by atoms with van der Waals surface area (Å²) in [6.07, 6.45) is 1.15. The van der Waals surface area contributed by atoms with Gasteiger partial charge in [0.15, 0.2) is 0 Å². The van der Waals surface area contributed by atoms with Crippen molar-refractivity contribution in [3.05, 3.63) is 65.7 Å². The third-order valence-corrected chi connectivity index (χ3v) is 8.36. The van der Waals surface area contributed by atoms with Gasteiger partial charge >= 0.3 is 6.03 Å². The molecule has 1 unspecified atom stereocenters. The van der Waals surface area contributed by atoms with Gasteiger partial charge in [-0.3, -0.25) is 9.69 Å². The number of amides is 3. The molecule has 0 saturated carbocycles. The van der Waals surface area contributed by atoms with Crippen LogP contribution in [0.1, 0.15) is 24.5 Å². The molecule has 4 rings (SSSR count). The lowest BCUT2D eigenvalue weighted by Crippen LogP contribution is -2.53. The van der Waals surface area contributed by atoms with Crippen LogP contribution < -0.4 is 5.32 Å². The van der Waals surface area contributed by atoms with Gasteiger partial charge in [0.05, 0.1) is 17.1 Å². The molecule has 9 nitrogen and oxygen atoms in total. The summed E-state index contributed by atoms with van der Waals surface area (Å²) in [6.45, 7) is 2.99. The minimum absolute atomic E-state index is 0.00534. The van der Waals surface area contributed by atoms with E-state index in [1.54, 1.807) is 19.1 Å². The number of hydrogen-bond acceptors (Lipinski definition) is 6. The van der Waals surface area contributed by atoms with Crippen molar-refractivity contribution in [3.63, 3.8) is 0 Å². The molecule has 0 aromatic heterocycles. The van der Waals surface area contributed by atoms with Gasteiger partial charge in [-0.1, -0.05) is 42.5 Å². The highest BCUT2D eigenvalue weighted by Gasteiger charge is 2.48. The van der Waals surface area contributed by atoms with Crippen LogP contribution in [0.5, 0.6) is 0 Å². The van der Waals surface area contributed by atoms with E-state index in [-0.39, 0.29) is 36.1 Å². The van der Waals surface area contributed by atoms with E-state index in [4.69, 9.17) is 0 Å². The average molecular weight is 482 g/mol. The predicted molar refractivity (Wildman–Crippen MR) is 125 cm³/mol. The molecule has 2 aliphatic rings. The Morgan fingerprint density at radius 2 is 1.65 bits per heavy atom. The van der Waals surface area contributed by atoms with Crippen LogP contribution in [-0.2, 0) is 21.2 Å². The molecule has 2 fully saturated rings. The topological polar surface area (TPSA) is 114 Å². The first kappa shape index (κ1) is 23.9. The summed E-state index contributed by atoms with van der Waals surface area (Å²) >= 11 is 0. The fourth-order valence-corrected chi connectivity index (χ4v) is 5.88. The zero-order chi connectivity index (χ0) is 24.3. The quantitative estimate of drug-likeness (QED) is 0.603. The molecule has 0 bridgehead atoms. The number of urea groups is 1. The lowest BCUT2D eigenvalue weighted by atomic mass is 9.93. The standard InChI is InChI=1S/C24H27N5O4S/c1-24(12-11-19-7-3-2-4-8-19)22(30)29(23(31)26-24)18-27-13-15-28(16-14-27)34(32,33)21-10-6-5-9-20(21)17-25/h2-10H,11-16,18H2,1H3,(H,26,31). The van der Waals surface area contributed by atoms with Gasteiger partial charge in [0.1, 0.15) is 11.6 Å². The molecular weight excluding hydrogens is 454 g/mol. The maximum Gasteiger partial charge on any atom is 0.326 e. The van der Waals surface area contributed by atoms with Crippen LogP contribution in [0.2, 0.25) is 0 Å². The van der Waals surface area contributed by atoms with Crippen molar-refractivity contribution in [1.82, 2.24) is 19.4 Å². The fraction of sp³-hybridized carbons (Fsp3) is 0.375. The van der Waals surface area contributed by atoms with Gasteiger partial charge < -0.3 is 5.32 Å². The van der Waals surface area contributed by atoms with Crippen molar-refractivity contribution in [3.8, 4) is 6.07 Å². The van der Waals surface area contributed by atoms with Crippen LogP contribution in [0.15, 0.2) is 59.5 Å². The molecule has 3 amide bonds. The van der Waals surface area contributed by atoms with E-state index in [2.05, 4.69) is 5.32 Å². The zero-order valence-electron chi connectivity index (χ0n) is 19.0. The van der Waals surface area contributed by atoms with E-state index in [9.17, 15) is 23.3 Å². The van der Waals surface area contributed by atoms with Crippen molar-refractivity contribution in [1.29, 1.82) is 5.26 Å². The molecule has 2 saturated heterocycles. The van der Waals surface area contributed by atoms with Crippen molar-refractivity contribution in [2.75, 3.05) is 32.8 Å². The van der Waals surface area contributed by atoms with Crippen LogP contribution in [0.3, 0.4) is 0 Å². The second-order valence-electron chi connectivity index (χ2n) is 8.75. The monoisotopic (exact) mass is 481 g/mol. The number of nitriles is 1. The molecule has 10 heteroatoms. The third-order valence-electron chi connectivity index (χ3n) is 6.40. The number of rotatable bonds is 7. The summed E-state index contributed by atoms with van der Waals surface area (Å²) in [5.74, 6) is -0.272. The number of sulfonamides is 1. The number of hydrogen-bond donors (Lipinski definition) is 1. The summed E-state index contributed by atoms with van der Waals surface area (Å²) in [5.41, 5.74) is 0.234. The molecule has 0 spiro atoms. The van der Waals surface area contributed by atoms with E-state index in [0.29, 0.717) is 25.9 Å². The summed E-state index contributed by atoms with van der Waals surface area (Å²) in [4.78, 5) is 28.8. The Morgan fingerprint density at radius 1 is 1.00 bits per heavy atom. The number of nitrogens with zero attached hydrogens (tertiary/aromatic N) is 4. The van der Waals surface area contributed by atoms with Crippen molar-refractivity contribution in [2.24, 2.45) is 0 Å². The summed E-state index contributed by atoms with van der Waals surface area (Å²) < 4.78 is 27.4. The van der Waals surface area contributed by atoms with Crippen molar-refractivity contribution in [2.45, 2.75) is 30.2 Å². The van der Waals surface area contributed by atoms with E-state index >= 15 is 0 Å². The molecule has 0 radical (unpaired) electrons. The molecule has 34 heavy (non-hydrogen) atoms. The molecule has 1 atom stereocenters. The van der Waals surface area contributed by atoms with Gasteiger partial charge in [-0.25, -0.2) is 18.1 Å². The van der Waals surface area contributed by atoms with E-state index in [1.165, 1.54) is 21.3 Å².